The van der Waals surface area contributed by atoms with Crippen LogP contribution in [0.4, 0.5) is 11.8 Å². The van der Waals surface area contributed by atoms with Crippen molar-refractivity contribution >= 4 is 34.6 Å². The van der Waals surface area contributed by atoms with Gasteiger partial charge in [0.25, 0.3) is 0 Å². The molecule has 0 saturated carbocycles. The average molecular weight is 419 g/mol. The van der Waals surface area contributed by atoms with Gasteiger partial charge in [0.2, 0.25) is 5.95 Å². The van der Waals surface area contributed by atoms with Crippen LogP contribution in [0.15, 0.2) is 54.6 Å². The summed E-state index contributed by atoms with van der Waals surface area (Å²) in [6, 6.07) is 17.7. The van der Waals surface area contributed by atoms with Gasteiger partial charge in [-0.1, -0.05) is 30.3 Å². The first-order valence-electron chi connectivity index (χ1n) is 9.83. The first-order valence-corrected chi connectivity index (χ1v) is 11.0. The number of nitrogen functional groups attached to an aromatic ring is 1. The molecule has 0 aliphatic carbocycles. The monoisotopic (exact) mass is 418 g/mol. The number of nitrogens with two attached hydrogens (primary N) is 1. The summed E-state index contributed by atoms with van der Waals surface area (Å²) in [6.07, 6.45) is 0. The highest BCUT2D eigenvalue weighted by molar-refractivity contribution is 7.99. The van der Waals surface area contributed by atoms with Gasteiger partial charge in [-0.3, -0.25) is 0 Å². The number of anilines is 2. The summed E-state index contributed by atoms with van der Waals surface area (Å²) in [5.41, 5.74) is 9.84. The van der Waals surface area contributed by atoms with Gasteiger partial charge in [-0.15, -0.1) is 5.10 Å². The van der Waals surface area contributed by atoms with E-state index in [2.05, 4.69) is 4.90 Å². The Morgan fingerprint density at radius 1 is 0.967 bits per heavy atom. The van der Waals surface area contributed by atoms with Crippen LogP contribution in [0.5, 0.6) is 5.75 Å². The molecule has 1 aliphatic heterocycles. The van der Waals surface area contributed by atoms with Crippen molar-refractivity contribution in [2.75, 3.05) is 42.3 Å². The Morgan fingerprint density at radius 2 is 1.70 bits per heavy atom. The molecule has 1 aliphatic rings. The lowest BCUT2D eigenvalue weighted by Crippen LogP contribution is -2.33. The van der Waals surface area contributed by atoms with Crippen LogP contribution in [-0.4, -0.2) is 51.5 Å². The molecule has 0 amide bonds. The molecule has 5 rings (SSSR count). The third-order valence-electron chi connectivity index (χ3n) is 5.22. The summed E-state index contributed by atoms with van der Waals surface area (Å²) < 4.78 is 6.99. The molecule has 0 spiro atoms. The second-order valence-corrected chi connectivity index (χ2v) is 8.26. The van der Waals surface area contributed by atoms with Gasteiger partial charge in [0.1, 0.15) is 11.6 Å². The highest BCUT2D eigenvalue weighted by atomic mass is 32.2. The van der Waals surface area contributed by atoms with Crippen LogP contribution in [0.2, 0.25) is 0 Å². The summed E-state index contributed by atoms with van der Waals surface area (Å²) in [5, 5.41) is 5.52. The zero-order chi connectivity index (χ0) is 20.5. The van der Waals surface area contributed by atoms with Gasteiger partial charge >= 0.3 is 0 Å². The second kappa shape index (κ2) is 7.87. The van der Waals surface area contributed by atoms with Crippen LogP contribution < -0.4 is 15.4 Å². The molecule has 0 bridgehead atoms. The number of fused-ring (bicyclic) bond motifs is 1. The Labute approximate surface area is 178 Å². The molecule has 7 nitrogen and oxygen atoms in total. The predicted molar refractivity (Wildman–Crippen MR) is 123 cm³/mol. The van der Waals surface area contributed by atoms with Gasteiger partial charge < -0.3 is 15.4 Å². The van der Waals surface area contributed by atoms with Crippen LogP contribution in [0, 0.1) is 0 Å². The summed E-state index contributed by atoms with van der Waals surface area (Å²) in [7, 11) is 1.65. The Kier molecular flexibility index (Phi) is 4.92. The summed E-state index contributed by atoms with van der Waals surface area (Å²) in [5.74, 6) is 4.16. The van der Waals surface area contributed by atoms with Crippen molar-refractivity contribution in [3.8, 4) is 22.7 Å². The van der Waals surface area contributed by atoms with Crippen LogP contribution in [0.3, 0.4) is 0 Å². The zero-order valence-electron chi connectivity index (χ0n) is 16.7. The average Bonchev–Trinajstić information content (AvgIpc) is 3.16. The van der Waals surface area contributed by atoms with E-state index in [4.69, 9.17) is 25.5 Å². The number of nitrogens with zero attached hydrogens (tertiary/aromatic N) is 5. The number of rotatable bonds is 4. The van der Waals surface area contributed by atoms with Crippen LogP contribution in [0.1, 0.15) is 0 Å². The van der Waals surface area contributed by atoms with Gasteiger partial charge in [-0.2, -0.15) is 16.7 Å². The smallest absolute Gasteiger partial charge is 0.228 e. The molecule has 2 aromatic heterocycles. The molecule has 3 heterocycles. The van der Waals surface area contributed by atoms with E-state index >= 15 is 0 Å². The number of ether oxygens (including phenoxy) is 1. The van der Waals surface area contributed by atoms with E-state index in [1.54, 1.807) is 11.8 Å². The molecule has 0 atom stereocenters. The van der Waals surface area contributed by atoms with Crippen LogP contribution >= 0.6 is 11.8 Å². The summed E-state index contributed by atoms with van der Waals surface area (Å²) >= 11 is 1.96. The van der Waals surface area contributed by atoms with Crippen molar-refractivity contribution < 1.29 is 4.74 Å². The van der Waals surface area contributed by atoms with E-state index in [0.717, 1.165) is 52.7 Å². The Hall–Kier alpha value is -3.26. The lowest BCUT2D eigenvalue weighted by molar-refractivity contribution is 0.414. The number of methoxy groups -OCH3 is 1. The molecule has 4 aromatic rings. The van der Waals surface area contributed by atoms with E-state index < -0.39 is 0 Å². The maximum absolute atomic E-state index is 6.58. The largest absolute Gasteiger partial charge is 0.497 e. The minimum Gasteiger partial charge on any atom is -0.497 e. The molecule has 0 radical (unpaired) electrons. The molecule has 0 unspecified atom stereocenters. The third kappa shape index (κ3) is 3.33. The predicted octanol–water partition coefficient (Wildman–Crippen LogP) is 3.63. The fraction of sp³-hybridized carbons (Fsp3) is 0.227. The van der Waals surface area contributed by atoms with E-state index in [9.17, 15) is 0 Å². The third-order valence-corrected chi connectivity index (χ3v) is 6.16. The van der Waals surface area contributed by atoms with Crippen molar-refractivity contribution in [3.05, 3.63) is 54.6 Å². The molecule has 1 fully saturated rings. The number of benzene rings is 2. The zero-order valence-corrected chi connectivity index (χ0v) is 17.5. The Balaban J connectivity index is 1.70. The quantitative estimate of drug-likeness (QED) is 0.542. The molecule has 8 heteroatoms. The van der Waals surface area contributed by atoms with Gasteiger partial charge in [0.05, 0.1) is 23.9 Å². The first kappa shape index (κ1) is 18.7. The Morgan fingerprint density at radius 3 is 2.40 bits per heavy atom. The molecular formula is C22H22N6OS. The normalized spacial score (nSPS) is 14.2. The molecular weight excluding hydrogens is 396 g/mol. The maximum atomic E-state index is 6.58. The SMILES string of the molecule is COc1ccc(-n2nc3nc(N4CCSCC4)nc(-c4ccccc4)c3c2N)cc1. The van der Waals surface area contributed by atoms with Gasteiger partial charge in [0.15, 0.2) is 5.65 Å². The second-order valence-electron chi connectivity index (χ2n) is 7.03. The van der Waals surface area contributed by atoms with E-state index in [-0.39, 0.29) is 0 Å². The number of thioether (sulfide) groups is 1. The molecule has 2 N–H and O–H groups in total. The number of aromatic nitrogens is 4. The van der Waals surface area contributed by atoms with Crippen molar-refractivity contribution in [1.29, 1.82) is 0 Å². The van der Waals surface area contributed by atoms with E-state index in [1.165, 1.54) is 0 Å². The summed E-state index contributed by atoms with van der Waals surface area (Å²) in [6.45, 7) is 1.86. The van der Waals surface area contributed by atoms with Crippen molar-refractivity contribution in [3.63, 3.8) is 0 Å². The van der Waals surface area contributed by atoms with E-state index in [0.29, 0.717) is 17.4 Å². The molecule has 1 saturated heterocycles. The molecule has 152 valence electrons. The van der Waals surface area contributed by atoms with Crippen molar-refractivity contribution in [1.82, 2.24) is 19.7 Å². The van der Waals surface area contributed by atoms with Crippen LogP contribution in [-0.2, 0) is 0 Å². The van der Waals surface area contributed by atoms with E-state index in [1.807, 2.05) is 66.4 Å². The Bertz CT molecular complexity index is 1170. The maximum Gasteiger partial charge on any atom is 0.228 e. The standard InChI is InChI=1S/C22H22N6OS/c1-29-17-9-7-16(8-10-17)28-20(23)18-19(15-5-3-2-4-6-15)24-22(25-21(18)26-28)27-11-13-30-14-12-27/h2-10H,11-14,23H2,1H3. The molecule has 2 aromatic carbocycles. The fourth-order valence-electron chi connectivity index (χ4n) is 3.63. The minimum atomic E-state index is 0.523. The van der Waals surface area contributed by atoms with Gasteiger partial charge in [-0.25, -0.2) is 9.67 Å². The van der Waals surface area contributed by atoms with Crippen molar-refractivity contribution in [2.24, 2.45) is 0 Å². The van der Waals surface area contributed by atoms with Gasteiger partial charge in [-0.05, 0) is 24.3 Å². The first-order chi connectivity index (χ1) is 14.7. The minimum absolute atomic E-state index is 0.523. The number of hydrogen-bond donors (Lipinski definition) is 1. The highest BCUT2D eigenvalue weighted by Crippen LogP contribution is 2.34. The fourth-order valence-corrected chi connectivity index (χ4v) is 4.53. The summed E-state index contributed by atoms with van der Waals surface area (Å²) in [4.78, 5) is 12.0. The highest BCUT2D eigenvalue weighted by Gasteiger charge is 2.22. The van der Waals surface area contributed by atoms with Crippen molar-refractivity contribution in [2.45, 2.75) is 0 Å². The van der Waals surface area contributed by atoms with Crippen LogP contribution in [0.25, 0.3) is 28.0 Å². The van der Waals surface area contributed by atoms with Gasteiger partial charge in [0, 0.05) is 30.2 Å². The molecule has 30 heavy (non-hydrogen) atoms. The number of hydrogen-bond acceptors (Lipinski definition) is 7. The lowest BCUT2D eigenvalue weighted by atomic mass is 10.1. The topological polar surface area (TPSA) is 82.1 Å². The lowest BCUT2D eigenvalue weighted by Gasteiger charge is -2.26.